The molecule has 4 aromatic heterocycles. The molecule has 0 unspecified atom stereocenters. The van der Waals surface area contributed by atoms with Gasteiger partial charge in [0, 0.05) is 26.2 Å². The van der Waals surface area contributed by atoms with Crippen LogP contribution >= 0.6 is 0 Å². The maximum Gasteiger partial charge on any atom is 0.332 e. The van der Waals surface area contributed by atoms with Crippen LogP contribution in [-0.2, 0) is 26.2 Å². The molecule has 0 aromatic carbocycles. The Kier molecular flexibility index (Phi) is 11.2. The number of fused-ring (bicyclic) bond motifs is 2. The molecule has 4 saturated carbocycles. The summed E-state index contributed by atoms with van der Waals surface area (Å²) in [6.45, 7) is 2.48. The van der Waals surface area contributed by atoms with Gasteiger partial charge in [0.05, 0.1) is 12.7 Å². The molecule has 0 saturated heterocycles. The van der Waals surface area contributed by atoms with Crippen molar-refractivity contribution in [3.63, 3.8) is 0 Å². The third-order valence-corrected chi connectivity index (χ3v) is 12.3. The molecule has 4 aromatic rings. The highest BCUT2D eigenvalue weighted by molar-refractivity contribution is 5.69. The first-order valence-electron chi connectivity index (χ1n) is 19.8. The summed E-state index contributed by atoms with van der Waals surface area (Å²) < 4.78 is 6.46. The van der Waals surface area contributed by atoms with E-state index in [1.54, 1.807) is 9.13 Å². The van der Waals surface area contributed by atoms with E-state index in [0.29, 0.717) is 72.2 Å². The molecule has 12 nitrogen and oxygen atoms in total. The van der Waals surface area contributed by atoms with E-state index in [9.17, 15) is 19.2 Å². The Morgan fingerprint density at radius 3 is 1.02 bits per heavy atom. The minimum atomic E-state index is -0.206. The van der Waals surface area contributed by atoms with Crippen LogP contribution in [0.3, 0.4) is 0 Å². The summed E-state index contributed by atoms with van der Waals surface area (Å²) in [7, 11) is 0. The van der Waals surface area contributed by atoms with Crippen molar-refractivity contribution in [3.05, 3.63) is 54.3 Å². The van der Waals surface area contributed by atoms with Crippen molar-refractivity contribution in [3.8, 4) is 0 Å². The Labute approximate surface area is 292 Å². The van der Waals surface area contributed by atoms with Crippen LogP contribution in [0.5, 0.6) is 0 Å². The predicted octanol–water partition coefficient (Wildman–Crippen LogP) is 6.09. The summed E-state index contributed by atoms with van der Waals surface area (Å²) in [5.41, 5.74) is 1.27. The molecule has 2 N–H and O–H groups in total. The second-order valence-corrected chi connectivity index (χ2v) is 15.8. The van der Waals surface area contributed by atoms with Gasteiger partial charge in [-0.05, 0) is 75.0 Å². The maximum atomic E-state index is 13.1. The first-order chi connectivity index (χ1) is 24.5. The second kappa shape index (κ2) is 16.1. The molecule has 4 aliphatic rings. The smallest absolute Gasteiger partial charge is 0.332 e. The van der Waals surface area contributed by atoms with E-state index >= 15 is 0 Å². The Hall–Kier alpha value is -3.70. The molecule has 4 heterocycles. The molecule has 272 valence electrons. The number of aromatic amines is 2. The number of H-pyrrole nitrogens is 2. The SMILES string of the molecule is O=c1c2[nH]cnc2n(CC2CCCCC2)c(=O)n1CC1CCCCC1.O=c1c2[nH]cnc2n(CC2CCCCC2)c(=O)n1CC1CCCCC1. The minimum Gasteiger partial charge on any atom is -0.339 e. The van der Waals surface area contributed by atoms with Crippen molar-refractivity contribution >= 4 is 22.3 Å². The molecule has 0 spiro atoms. The number of nitrogens with one attached hydrogen (secondary N) is 2. The molecule has 0 aliphatic heterocycles. The number of imidazole rings is 2. The van der Waals surface area contributed by atoms with E-state index in [2.05, 4.69) is 19.9 Å². The second-order valence-electron chi connectivity index (χ2n) is 15.8. The van der Waals surface area contributed by atoms with Crippen LogP contribution < -0.4 is 22.5 Å². The monoisotopic (exact) mass is 688 g/mol. The standard InChI is InChI=1S/2C19H28N4O2/c2*24-18-16-17(21-13-20-16)22(11-14-7-3-1-4-8-14)19(25)23(18)12-15-9-5-2-6-10-15/h2*13-15H,1-12H2,(H,20,21). The zero-order valence-electron chi connectivity index (χ0n) is 29.8. The van der Waals surface area contributed by atoms with Gasteiger partial charge in [-0.2, -0.15) is 0 Å². The van der Waals surface area contributed by atoms with Crippen LogP contribution in [0.25, 0.3) is 22.3 Å². The van der Waals surface area contributed by atoms with Gasteiger partial charge >= 0.3 is 11.4 Å². The van der Waals surface area contributed by atoms with Gasteiger partial charge in [0.2, 0.25) is 0 Å². The van der Waals surface area contributed by atoms with Gasteiger partial charge in [0.1, 0.15) is 11.0 Å². The topological polar surface area (TPSA) is 145 Å². The number of rotatable bonds is 8. The third kappa shape index (κ3) is 7.64. The molecule has 12 heteroatoms. The number of hydrogen-bond acceptors (Lipinski definition) is 6. The first kappa shape index (κ1) is 34.7. The molecule has 4 fully saturated rings. The quantitative estimate of drug-likeness (QED) is 0.229. The summed E-state index contributed by atoms with van der Waals surface area (Å²) in [6, 6.07) is 0. The number of aromatic nitrogens is 8. The van der Waals surface area contributed by atoms with Crippen molar-refractivity contribution < 1.29 is 0 Å². The lowest BCUT2D eigenvalue weighted by molar-refractivity contribution is 0.296. The highest BCUT2D eigenvalue weighted by Crippen LogP contribution is 2.28. The van der Waals surface area contributed by atoms with Crippen molar-refractivity contribution in [2.45, 2.75) is 155 Å². The van der Waals surface area contributed by atoms with Crippen LogP contribution in [0.2, 0.25) is 0 Å². The molecule has 8 rings (SSSR count). The van der Waals surface area contributed by atoms with Crippen LogP contribution in [0.15, 0.2) is 31.8 Å². The molecular weight excluding hydrogens is 632 g/mol. The summed E-state index contributed by atoms with van der Waals surface area (Å²) in [5.74, 6) is 1.93. The van der Waals surface area contributed by atoms with E-state index < -0.39 is 0 Å². The fourth-order valence-electron chi connectivity index (χ4n) is 9.38. The number of hydrogen-bond donors (Lipinski definition) is 2. The van der Waals surface area contributed by atoms with Gasteiger partial charge in [-0.3, -0.25) is 27.9 Å². The lowest BCUT2D eigenvalue weighted by Crippen LogP contribution is -2.42. The van der Waals surface area contributed by atoms with Crippen molar-refractivity contribution in [1.82, 2.24) is 38.2 Å². The van der Waals surface area contributed by atoms with Crippen LogP contribution in [0.4, 0.5) is 0 Å². The van der Waals surface area contributed by atoms with Crippen molar-refractivity contribution in [1.29, 1.82) is 0 Å². The highest BCUT2D eigenvalue weighted by atomic mass is 16.2. The molecular formula is C38H56N8O4. The van der Waals surface area contributed by atoms with Gasteiger partial charge < -0.3 is 9.97 Å². The summed E-state index contributed by atoms with van der Waals surface area (Å²) >= 11 is 0. The lowest BCUT2D eigenvalue weighted by atomic mass is 9.89. The lowest BCUT2D eigenvalue weighted by Gasteiger charge is -2.24. The van der Waals surface area contributed by atoms with Gasteiger partial charge in [0.25, 0.3) is 11.1 Å². The third-order valence-electron chi connectivity index (χ3n) is 12.3. The van der Waals surface area contributed by atoms with Gasteiger partial charge in [-0.25, -0.2) is 19.6 Å². The normalized spacial score (nSPS) is 20.3. The minimum absolute atomic E-state index is 0.166. The largest absolute Gasteiger partial charge is 0.339 e. The molecule has 50 heavy (non-hydrogen) atoms. The Bertz CT molecular complexity index is 1810. The fraction of sp³-hybridized carbons (Fsp3) is 0.737. The summed E-state index contributed by atoms with van der Waals surface area (Å²) in [5, 5.41) is 0. The van der Waals surface area contributed by atoms with E-state index in [1.807, 2.05) is 0 Å². The summed E-state index contributed by atoms with van der Waals surface area (Å²) in [4.78, 5) is 66.4. The zero-order chi connectivity index (χ0) is 34.5. The van der Waals surface area contributed by atoms with E-state index in [0.717, 1.165) is 25.7 Å². The van der Waals surface area contributed by atoms with Gasteiger partial charge in [-0.1, -0.05) is 77.0 Å². The predicted molar refractivity (Wildman–Crippen MR) is 196 cm³/mol. The molecule has 0 amide bonds. The van der Waals surface area contributed by atoms with Gasteiger partial charge in [-0.15, -0.1) is 0 Å². The van der Waals surface area contributed by atoms with Crippen molar-refractivity contribution in [2.24, 2.45) is 23.7 Å². The fourth-order valence-corrected chi connectivity index (χ4v) is 9.38. The Morgan fingerprint density at radius 2 is 0.720 bits per heavy atom. The zero-order valence-corrected chi connectivity index (χ0v) is 29.8. The van der Waals surface area contributed by atoms with Gasteiger partial charge in [0.15, 0.2) is 11.3 Å². The molecule has 0 atom stereocenters. The van der Waals surface area contributed by atoms with E-state index in [1.165, 1.54) is 125 Å². The Morgan fingerprint density at radius 1 is 0.440 bits per heavy atom. The van der Waals surface area contributed by atoms with Crippen LogP contribution in [-0.4, -0.2) is 38.2 Å². The molecule has 0 bridgehead atoms. The van der Waals surface area contributed by atoms with E-state index in [4.69, 9.17) is 0 Å². The summed E-state index contributed by atoms with van der Waals surface area (Å²) in [6.07, 6.45) is 27.2. The highest BCUT2D eigenvalue weighted by Gasteiger charge is 2.24. The van der Waals surface area contributed by atoms with E-state index in [-0.39, 0.29) is 22.5 Å². The maximum absolute atomic E-state index is 13.1. The van der Waals surface area contributed by atoms with Crippen LogP contribution in [0, 0.1) is 23.7 Å². The average molecular weight is 689 g/mol. The molecule has 0 radical (unpaired) electrons. The van der Waals surface area contributed by atoms with Crippen LogP contribution in [0.1, 0.15) is 128 Å². The van der Waals surface area contributed by atoms with Crippen molar-refractivity contribution in [2.75, 3.05) is 0 Å². The number of nitrogens with zero attached hydrogens (tertiary/aromatic N) is 6. The Balaban J connectivity index is 0.000000157. The average Bonchev–Trinajstić information content (AvgIpc) is 3.86. The first-order valence-corrected chi connectivity index (χ1v) is 19.8. The molecule has 4 aliphatic carbocycles.